The van der Waals surface area contributed by atoms with E-state index >= 15 is 0 Å². The third-order valence-corrected chi connectivity index (χ3v) is 3.15. The summed E-state index contributed by atoms with van der Waals surface area (Å²) in [7, 11) is 0. The third-order valence-electron chi connectivity index (χ3n) is 3.15. The lowest BCUT2D eigenvalue weighted by Gasteiger charge is -2.12. The third kappa shape index (κ3) is 7.76. The van der Waals surface area contributed by atoms with Gasteiger partial charge in [0.05, 0.1) is 18.3 Å². The van der Waals surface area contributed by atoms with Crippen molar-refractivity contribution in [2.24, 2.45) is 4.99 Å². The summed E-state index contributed by atoms with van der Waals surface area (Å²) < 4.78 is 36.6. The first-order valence-electron chi connectivity index (χ1n) is 7.66. The molecule has 0 bridgehead atoms. The number of nitrogens with one attached hydrogen (secondary N) is 3. The van der Waals surface area contributed by atoms with Crippen LogP contribution in [0.5, 0.6) is 0 Å². The van der Waals surface area contributed by atoms with Crippen molar-refractivity contribution >= 4 is 29.9 Å². The predicted molar refractivity (Wildman–Crippen MR) is 103 cm³/mol. The van der Waals surface area contributed by atoms with Crippen LogP contribution < -0.4 is 10.6 Å². The number of halogens is 4. The number of rotatable bonds is 6. The van der Waals surface area contributed by atoms with Crippen LogP contribution in [0, 0.1) is 0 Å². The number of H-pyrrole nitrogens is 1. The Kier molecular flexibility index (Phi) is 8.73. The van der Waals surface area contributed by atoms with Crippen molar-refractivity contribution in [3.05, 3.63) is 42.4 Å². The Hall–Kier alpha value is -1.78. The van der Waals surface area contributed by atoms with Gasteiger partial charge in [0.25, 0.3) is 0 Å². The summed E-state index contributed by atoms with van der Waals surface area (Å²) in [5, 5.41) is 5.57. The van der Waals surface area contributed by atoms with Gasteiger partial charge in [0.1, 0.15) is 12.4 Å². The van der Waals surface area contributed by atoms with Gasteiger partial charge in [0.2, 0.25) is 0 Å². The Morgan fingerprint density at radius 2 is 1.92 bits per heavy atom. The molecule has 2 rings (SSSR count). The molecule has 0 spiro atoms. The zero-order valence-corrected chi connectivity index (χ0v) is 16.1. The highest BCUT2D eigenvalue weighted by atomic mass is 127. The summed E-state index contributed by atoms with van der Waals surface area (Å²) in [4.78, 5) is 11.6. The molecule has 138 valence electrons. The highest BCUT2D eigenvalue weighted by Crippen LogP contribution is 2.18. The lowest BCUT2D eigenvalue weighted by molar-refractivity contribution is -0.132. The molecule has 3 N–H and O–H groups in total. The molecule has 0 saturated carbocycles. The smallest absolute Gasteiger partial charge is 0.357 e. The molecule has 2 aromatic rings. The number of imidazole rings is 1. The van der Waals surface area contributed by atoms with Crippen molar-refractivity contribution < 1.29 is 13.2 Å². The Balaban J connectivity index is 0.00000312. The lowest BCUT2D eigenvalue weighted by Crippen LogP contribution is -2.38. The number of aromatic amines is 1. The number of alkyl halides is 3. The van der Waals surface area contributed by atoms with Crippen molar-refractivity contribution in [2.75, 3.05) is 13.1 Å². The Bertz CT molecular complexity index is 655. The van der Waals surface area contributed by atoms with E-state index in [-0.39, 0.29) is 37.1 Å². The van der Waals surface area contributed by atoms with Gasteiger partial charge in [0.15, 0.2) is 5.96 Å². The number of aliphatic imine (C=N–C) groups is 1. The molecule has 0 fully saturated rings. The van der Waals surface area contributed by atoms with Crippen LogP contribution in [-0.2, 0) is 6.54 Å². The number of hydrogen-bond donors (Lipinski definition) is 3. The fourth-order valence-corrected chi connectivity index (χ4v) is 2.03. The molecule has 0 unspecified atom stereocenters. The van der Waals surface area contributed by atoms with Crippen LogP contribution >= 0.6 is 24.0 Å². The second-order valence-corrected chi connectivity index (χ2v) is 5.10. The van der Waals surface area contributed by atoms with Crippen LogP contribution in [-0.4, -0.2) is 35.2 Å². The second-order valence-electron chi connectivity index (χ2n) is 5.10. The maximum atomic E-state index is 12.2. The van der Waals surface area contributed by atoms with Crippen LogP contribution in [0.2, 0.25) is 0 Å². The van der Waals surface area contributed by atoms with E-state index in [0.29, 0.717) is 18.3 Å². The minimum atomic E-state index is -4.18. The van der Waals surface area contributed by atoms with Crippen molar-refractivity contribution in [1.29, 1.82) is 0 Å². The summed E-state index contributed by atoms with van der Waals surface area (Å²) in [5.41, 5.74) is 1.88. The van der Waals surface area contributed by atoms with Crippen molar-refractivity contribution in [2.45, 2.75) is 26.1 Å². The van der Waals surface area contributed by atoms with E-state index in [2.05, 4.69) is 25.6 Å². The minimum absolute atomic E-state index is 0. The number of nitrogens with zero attached hydrogens (tertiary/aromatic N) is 2. The van der Waals surface area contributed by atoms with Crippen LogP contribution in [0.1, 0.15) is 19.2 Å². The SMILES string of the molecule is CCNC(=NCc1ncc(-c2ccccc2)[nH]1)NCCC(F)(F)F.I. The molecular weight excluding hydrogens is 446 g/mol. The summed E-state index contributed by atoms with van der Waals surface area (Å²) in [5.74, 6) is 0.973. The molecular formula is C16H21F3IN5. The van der Waals surface area contributed by atoms with Crippen LogP contribution in [0.3, 0.4) is 0 Å². The fraction of sp³-hybridized carbons (Fsp3) is 0.375. The Morgan fingerprint density at radius 3 is 2.56 bits per heavy atom. The van der Waals surface area contributed by atoms with Crippen molar-refractivity contribution in [3.8, 4) is 11.3 Å². The Morgan fingerprint density at radius 1 is 1.20 bits per heavy atom. The molecule has 0 aliphatic rings. The quantitative estimate of drug-likeness (QED) is 0.345. The molecule has 0 saturated heterocycles. The molecule has 1 aromatic carbocycles. The molecule has 0 atom stereocenters. The first-order valence-corrected chi connectivity index (χ1v) is 7.66. The van der Waals surface area contributed by atoms with Gasteiger partial charge in [0, 0.05) is 13.1 Å². The van der Waals surface area contributed by atoms with Gasteiger partial charge in [-0.15, -0.1) is 24.0 Å². The van der Waals surface area contributed by atoms with Gasteiger partial charge >= 0.3 is 6.18 Å². The van der Waals surface area contributed by atoms with E-state index in [1.807, 2.05) is 37.3 Å². The fourth-order valence-electron chi connectivity index (χ4n) is 2.03. The van der Waals surface area contributed by atoms with Gasteiger partial charge in [-0.2, -0.15) is 13.2 Å². The maximum absolute atomic E-state index is 12.2. The molecule has 0 amide bonds. The van der Waals surface area contributed by atoms with Crippen molar-refractivity contribution in [1.82, 2.24) is 20.6 Å². The van der Waals surface area contributed by atoms with E-state index < -0.39 is 12.6 Å². The molecule has 0 aliphatic heterocycles. The van der Waals surface area contributed by atoms with E-state index in [1.165, 1.54) is 0 Å². The summed E-state index contributed by atoms with van der Waals surface area (Å²) in [6.07, 6.45) is -3.38. The maximum Gasteiger partial charge on any atom is 0.390 e. The van der Waals surface area contributed by atoms with E-state index in [0.717, 1.165) is 11.3 Å². The topological polar surface area (TPSA) is 65.1 Å². The van der Waals surface area contributed by atoms with Gasteiger partial charge < -0.3 is 15.6 Å². The zero-order valence-electron chi connectivity index (χ0n) is 13.7. The summed E-state index contributed by atoms with van der Waals surface area (Å²) in [6, 6.07) is 9.72. The summed E-state index contributed by atoms with van der Waals surface area (Å²) in [6.45, 7) is 2.43. The molecule has 0 aliphatic carbocycles. The number of guanidine groups is 1. The molecule has 0 radical (unpaired) electrons. The average molecular weight is 467 g/mol. The number of aromatic nitrogens is 2. The minimum Gasteiger partial charge on any atom is -0.357 e. The predicted octanol–water partition coefficient (Wildman–Crippen LogP) is 3.70. The van der Waals surface area contributed by atoms with Crippen LogP contribution in [0.15, 0.2) is 41.5 Å². The molecule has 9 heteroatoms. The van der Waals surface area contributed by atoms with E-state index in [9.17, 15) is 13.2 Å². The highest BCUT2D eigenvalue weighted by Gasteiger charge is 2.26. The van der Waals surface area contributed by atoms with Gasteiger partial charge in [-0.25, -0.2) is 9.98 Å². The molecule has 1 heterocycles. The number of hydrogen-bond acceptors (Lipinski definition) is 2. The van der Waals surface area contributed by atoms with E-state index in [4.69, 9.17) is 0 Å². The highest BCUT2D eigenvalue weighted by molar-refractivity contribution is 14.0. The second kappa shape index (κ2) is 10.3. The monoisotopic (exact) mass is 467 g/mol. The first kappa shape index (κ1) is 21.3. The van der Waals surface area contributed by atoms with Gasteiger partial charge in [-0.05, 0) is 12.5 Å². The van der Waals surface area contributed by atoms with Crippen LogP contribution in [0.25, 0.3) is 11.3 Å². The normalized spacial score (nSPS) is 11.8. The summed E-state index contributed by atoms with van der Waals surface area (Å²) >= 11 is 0. The lowest BCUT2D eigenvalue weighted by atomic mass is 10.2. The van der Waals surface area contributed by atoms with Crippen molar-refractivity contribution in [3.63, 3.8) is 0 Å². The average Bonchev–Trinajstić information content (AvgIpc) is 3.01. The van der Waals surface area contributed by atoms with Gasteiger partial charge in [-0.1, -0.05) is 30.3 Å². The van der Waals surface area contributed by atoms with Gasteiger partial charge in [-0.3, -0.25) is 0 Å². The first-order chi connectivity index (χ1) is 11.5. The van der Waals surface area contributed by atoms with E-state index in [1.54, 1.807) is 6.20 Å². The molecule has 5 nitrogen and oxygen atoms in total. The molecule has 25 heavy (non-hydrogen) atoms. The largest absolute Gasteiger partial charge is 0.390 e. The number of benzene rings is 1. The zero-order chi connectivity index (χ0) is 17.4. The standard InChI is InChI=1S/C16H20F3N5.HI/c1-2-20-15(21-9-8-16(17,18)19)23-11-14-22-10-13(24-14)12-6-4-3-5-7-12;/h3-7,10H,2,8-9,11H2,1H3,(H,22,24)(H2,20,21,23);1H. The van der Waals surface area contributed by atoms with Crippen LogP contribution in [0.4, 0.5) is 13.2 Å². The molecule has 1 aromatic heterocycles. The Labute approximate surface area is 161 Å².